The van der Waals surface area contributed by atoms with E-state index in [9.17, 15) is 9.59 Å². The fourth-order valence-electron chi connectivity index (χ4n) is 2.49. The zero-order chi connectivity index (χ0) is 12.4. The number of rotatable bonds is 4. The van der Waals surface area contributed by atoms with Gasteiger partial charge in [-0.25, -0.2) is 0 Å². The molecule has 6 nitrogen and oxygen atoms in total. The molecule has 2 N–H and O–H groups in total. The summed E-state index contributed by atoms with van der Waals surface area (Å²) in [4.78, 5) is 24.4. The molecule has 0 saturated carbocycles. The molecule has 0 aliphatic carbocycles. The molecule has 2 aliphatic heterocycles. The number of carboxylic acid groups (broad SMARTS) is 1. The molecule has 2 aliphatic rings. The normalized spacial score (nSPS) is 29.9. The van der Waals surface area contributed by atoms with E-state index in [-0.39, 0.29) is 12.5 Å². The third-order valence-electron chi connectivity index (χ3n) is 3.47. The smallest absolute Gasteiger partial charge is 0.325 e. The van der Waals surface area contributed by atoms with Gasteiger partial charge in [0.2, 0.25) is 5.91 Å². The van der Waals surface area contributed by atoms with E-state index in [2.05, 4.69) is 10.2 Å². The number of hydrogen-bond acceptors (Lipinski definition) is 4. The summed E-state index contributed by atoms with van der Waals surface area (Å²) in [6.45, 7) is 3.10. The first kappa shape index (κ1) is 12.3. The second kappa shape index (κ2) is 5.01. The Balaban J connectivity index is 1.84. The van der Waals surface area contributed by atoms with Gasteiger partial charge in [-0.15, -0.1) is 0 Å². The van der Waals surface area contributed by atoms with Crippen molar-refractivity contribution in [2.24, 2.45) is 0 Å². The average Bonchev–Trinajstić information content (AvgIpc) is 2.51. The van der Waals surface area contributed by atoms with Crippen LogP contribution in [0.5, 0.6) is 0 Å². The molecule has 17 heavy (non-hydrogen) atoms. The molecule has 6 heteroatoms. The summed E-state index contributed by atoms with van der Waals surface area (Å²) in [5.74, 6) is -1.23. The number of ether oxygens (including phenoxy) is 1. The highest BCUT2D eigenvalue weighted by Gasteiger charge is 2.38. The van der Waals surface area contributed by atoms with Crippen molar-refractivity contribution < 1.29 is 19.4 Å². The van der Waals surface area contributed by atoms with Crippen molar-refractivity contribution in [1.82, 2.24) is 10.2 Å². The van der Waals surface area contributed by atoms with E-state index in [0.717, 1.165) is 12.8 Å². The standard InChI is InChI=1S/C11H18N2O4/c1-7(11(15)16)12-10(14)4-13-8-2-3-9(13)6-17-5-8/h7-9H,2-6H2,1H3,(H,12,14)(H,15,16)/t7-,8?,9?/m0/s1. The van der Waals surface area contributed by atoms with Crippen molar-refractivity contribution in [3.63, 3.8) is 0 Å². The number of aliphatic carboxylic acids is 1. The summed E-state index contributed by atoms with van der Waals surface area (Å²) in [7, 11) is 0. The topological polar surface area (TPSA) is 78.9 Å². The maximum Gasteiger partial charge on any atom is 0.325 e. The van der Waals surface area contributed by atoms with Crippen LogP contribution in [0.25, 0.3) is 0 Å². The maximum absolute atomic E-state index is 11.7. The molecular weight excluding hydrogens is 224 g/mol. The molecule has 0 spiro atoms. The Labute approximate surface area is 99.9 Å². The van der Waals surface area contributed by atoms with Crippen molar-refractivity contribution in [2.45, 2.75) is 37.9 Å². The zero-order valence-corrected chi connectivity index (χ0v) is 9.89. The molecule has 0 aromatic carbocycles. The van der Waals surface area contributed by atoms with Crippen molar-refractivity contribution in [2.75, 3.05) is 19.8 Å². The summed E-state index contributed by atoms with van der Waals surface area (Å²) in [6.07, 6.45) is 2.12. The first-order chi connectivity index (χ1) is 8.08. The summed E-state index contributed by atoms with van der Waals surface area (Å²) in [5, 5.41) is 11.2. The Hall–Kier alpha value is -1.14. The average molecular weight is 242 g/mol. The van der Waals surface area contributed by atoms with Gasteiger partial charge in [-0.1, -0.05) is 0 Å². The van der Waals surface area contributed by atoms with E-state index in [1.807, 2.05) is 0 Å². The Morgan fingerprint density at radius 2 is 2.00 bits per heavy atom. The largest absolute Gasteiger partial charge is 0.480 e. The third-order valence-corrected chi connectivity index (χ3v) is 3.47. The predicted octanol–water partition coefficient (Wildman–Crippen LogP) is -0.561. The van der Waals surface area contributed by atoms with Crippen LogP contribution in [0, 0.1) is 0 Å². The number of carbonyl (C=O) groups is 2. The number of nitrogens with zero attached hydrogens (tertiary/aromatic N) is 1. The number of amides is 1. The minimum absolute atomic E-state index is 0.223. The van der Waals surface area contributed by atoms with Crippen LogP contribution in [0.2, 0.25) is 0 Å². The number of carboxylic acids is 1. The molecular formula is C11H18N2O4. The molecule has 2 fully saturated rings. The first-order valence-corrected chi connectivity index (χ1v) is 5.93. The Morgan fingerprint density at radius 3 is 2.53 bits per heavy atom. The molecule has 2 heterocycles. The van der Waals surface area contributed by atoms with E-state index in [0.29, 0.717) is 25.3 Å². The molecule has 0 aromatic heterocycles. The van der Waals surface area contributed by atoms with Gasteiger partial charge in [0.25, 0.3) is 0 Å². The van der Waals surface area contributed by atoms with E-state index in [4.69, 9.17) is 9.84 Å². The highest BCUT2D eigenvalue weighted by atomic mass is 16.5. The van der Waals surface area contributed by atoms with Gasteiger partial charge >= 0.3 is 5.97 Å². The second-order valence-corrected chi connectivity index (χ2v) is 4.72. The Kier molecular flexibility index (Phi) is 3.63. The lowest BCUT2D eigenvalue weighted by Gasteiger charge is -2.34. The van der Waals surface area contributed by atoms with Crippen molar-refractivity contribution in [3.8, 4) is 0 Å². The summed E-state index contributed by atoms with van der Waals surface area (Å²) in [6, 6.07) is -0.194. The minimum Gasteiger partial charge on any atom is -0.480 e. The number of nitrogens with one attached hydrogen (secondary N) is 1. The second-order valence-electron chi connectivity index (χ2n) is 4.72. The molecule has 96 valence electrons. The van der Waals surface area contributed by atoms with E-state index < -0.39 is 12.0 Å². The molecule has 3 atom stereocenters. The van der Waals surface area contributed by atoms with Crippen LogP contribution in [-0.4, -0.2) is 59.8 Å². The minimum atomic E-state index is -1.01. The highest BCUT2D eigenvalue weighted by molar-refractivity contribution is 5.84. The van der Waals surface area contributed by atoms with Gasteiger partial charge in [0.05, 0.1) is 19.8 Å². The van der Waals surface area contributed by atoms with Crippen molar-refractivity contribution >= 4 is 11.9 Å². The van der Waals surface area contributed by atoms with Crippen LogP contribution in [0.15, 0.2) is 0 Å². The van der Waals surface area contributed by atoms with Crippen LogP contribution in [-0.2, 0) is 14.3 Å². The summed E-state index contributed by atoms with van der Waals surface area (Å²) < 4.78 is 5.42. The quantitative estimate of drug-likeness (QED) is 0.691. The fraction of sp³-hybridized carbons (Fsp3) is 0.818. The fourth-order valence-corrected chi connectivity index (χ4v) is 2.49. The van der Waals surface area contributed by atoms with Crippen LogP contribution >= 0.6 is 0 Å². The lowest BCUT2D eigenvalue weighted by Crippen LogP contribution is -2.51. The van der Waals surface area contributed by atoms with Gasteiger partial charge in [0.1, 0.15) is 6.04 Å². The zero-order valence-electron chi connectivity index (χ0n) is 9.89. The first-order valence-electron chi connectivity index (χ1n) is 5.93. The van der Waals surface area contributed by atoms with Gasteiger partial charge in [0, 0.05) is 12.1 Å². The number of hydrogen-bond donors (Lipinski definition) is 2. The van der Waals surface area contributed by atoms with Gasteiger partial charge < -0.3 is 15.2 Å². The third kappa shape index (κ3) is 2.76. The summed E-state index contributed by atoms with van der Waals surface area (Å²) in [5.41, 5.74) is 0. The van der Waals surface area contributed by atoms with Crippen molar-refractivity contribution in [3.05, 3.63) is 0 Å². The highest BCUT2D eigenvalue weighted by Crippen LogP contribution is 2.27. The SMILES string of the molecule is C[C@H](NC(=O)CN1C2CCC1COC2)C(=O)O. The van der Waals surface area contributed by atoms with Crippen LogP contribution < -0.4 is 5.32 Å². The summed E-state index contributed by atoms with van der Waals surface area (Å²) >= 11 is 0. The van der Waals surface area contributed by atoms with Crippen LogP contribution in [0.1, 0.15) is 19.8 Å². The maximum atomic E-state index is 11.7. The number of carbonyl (C=O) groups excluding carboxylic acids is 1. The lowest BCUT2D eigenvalue weighted by atomic mass is 10.2. The number of morpholine rings is 1. The number of fused-ring (bicyclic) bond motifs is 2. The monoisotopic (exact) mass is 242 g/mol. The van der Waals surface area contributed by atoms with Gasteiger partial charge in [-0.2, -0.15) is 0 Å². The van der Waals surface area contributed by atoms with Crippen LogP contribution in [0.3, 0.4) is 0 Å². The molecule has 2 unspecified atom stereocenters. The lowest BCUT2D eigenvalue weighted by molar-refractivity contribution is -0.141. The van der Waals surface area contributed by atoms with Gasteiger partial charge in [-0.3, -0.25) is 14.5 Å². The Morgan fingerprint density at radius 1 is 1.41 bits per heavy atom. The molecule has 0 radical (unpaired) electrons. The van der Waals surface area contributed by atoms with E-state index >= 15 is 0 Å². The van der Waals surface area contributed by atoms with E-state index in [1.54, 1.807) is 0 Å². The Bertz CT molecular complexity index is 305. The molecule has 0 aromatic rings. The molecule has 2 bridgehead atoms. The van der Waals surface area contributed by atoms with E-state index in [1.165, 1.54) is 6.92 Å². The van der Waals surface area contributed by atoms with Crippen molar-refractivity contribution in [1.29, 1.82) is 0 Å². The molecule has 2 saturated heterocycles. The predicted molar refractivity (Wildman–Crippen MR) is 59.6 cm³/mol. The van der Waals surface area contributed by atoms with Gasteiger partial charge in [0.15, 0.2) is 0 Å². The van der Waals surface area contributed by atoms with Gasteiger partial charge in [-0.05, 0) is 19.8 Å². The molecule has 2 rings (SSSR count). The molecule has 1 amide bonds. The van der Waals surface area contributed by atoms with Crippen LogP contribution in [0.4, 0.5) is 0 Å².